The van der Waals surface area contributed by atoms with Gasteiger partial charge in [-0.05, 0) is 45.1 Å². The van der Waals surface area contributed by atoms with Crippen molar-refractivity contribution < 1.29 is 4.79 Å². The van der Waals surface area contributed by atoms with E-state index in [1.165, 1.54) is 11.1 Å². The number of hydrogen-bond acceptors (Lipinski definition) is 6. The van der Waals surface area contributed by atoms with Gasteiger partial charge in [0.2, 0.25) is 11.6 Å². The summed E-state index contributed by atoms with van der Waals surface area (Å²) in [5.41, 5.74) is 5.32. The standard InChI is InChI=1S/C23H29N7O/c1-15-7-5-6-8-18(15)22-19-12-28(10-17(19)11-29(22)21(31)13-27(3)4)20-9-16(2)26-30-14-24-25-23(20)30/h5-9,14,17,19,22H,10-13H2,1-4H3/t17-,19-,22+/m1/s1. The molecule has 0 saturated carbocycles. The minimum Gasteiger partial charge on any atom is -0.368 e. The SMILES string of the molecule is Cc1cc(N2C[C@@H]3CN(C(=O)CN(C)C)[C@@H](c4ccccc4C)[C@@H]3C2)c2nncn2n1. The lowest BCUT2D eigenvalue weighted by molar-refractivity contribution is -0.133. The van der Waals surface area contributed by atoms with Crippen LogP contribution in [0.1, 0.15) is 22.9 Å². The molecule has 0 bridgehead atoms. The average molecular weight is 420 g/mol. The largest absolute Gasteiger partial charge is 0.368 e. The second kappa shape index (κ2) is 7.60. The monoisotopic (exact) mass is 419 g/mol. The van der Waals surface area contributed by atoms with Gasteiger partial charge >= 0.3 is 0 Å². The first-order valence-corrected chi connectivity index (χ1v) is 10.8. The molecule has 1 amide bonds. The van der Waals surface area contributed by atoms with Crippen LogP contribution in [-0.2, 0) is 4.79 Å². The average Bonchev–Trinajstić information content (AvgIpc) is 3.41. The van der Waals surface area contributed by atoms with Gasteiger partial charge in [0.05, 0.1) is 24.0 Å². The number of carbonyl (C=O) groups is 1. The zero-order valence-corrected chi connectivity index (χ0v) is 18.6. The fraction of sp³-hybridized carbons (Fsp3) is 0.478. The summed E-state index contributed by atoms with van der Waals surface area (Å²) >= 11 is 0. The Morgan fingerprint density at radius 2 is 1.97 bits per heavy atom. The Kier molecular flexibility index (Phi) is 4.89. The molecular formula is C23H29N7O. The molecule has 1 aromatic carbocycles. The molecule has 0 N–H and O–H groups in total. The topological polar surface area (TPSA) is 69.9 Å². The van der Waals surface area contributed by atoms with E-state index >= 15 is 0 Å². The Balaban J connectivity index is 1.50. The minimum absolute atomic E-state index is 0.0977. The maximum absolute atomic E-state index is 13.2. The highest BCUT2D eigenvalue weighted by molar-refractivity contribution is 5.79. The number of aryl methyl sites for hydroxylation is 2. The maximum atomic E-state index is 13.2. The van der Waals surface area contributed by atoms with Crippen LogP contribution in [0.15, 0.2) is 36.7 Å². The first kappa shape index (κ1) is 19.9. The molecule has 8 nitrogen and oxygen atoms in total. The first-order chi connectivity index (χ1) is 14.9. The van der Waals surface area contributed by atoms with Crippen LogP contribution < -0.4 is 4.90 Å². The van der Waals surface area contributed by atoms with E-state index in [4.69, 9.17) is 0 Å². The van der Waals surface area contributed by atoms with Crippen LogP contribution in [0.25, 0.3) is 5.65 Å². The number of amides is 1. The van der Waals surface area contributed by atoms with E-state index in [0.29, 0.717) is 18.4 Å². The van der Waals surface area contributed by atoms with E-state index in [1.807, 2.05) is 25.9 Å². The summed E-state index contributed by atoms with van der Waals surface area (Å²) in [5.74, 6) is 1.01. The molecule has 0 unspecified atom stereocenters. The molecule has 5 rings (SSSR count). The maximum Gasteiger partial charge on any atom is 0.237 e. The van der Waals surface area contributed by atoms with Crippen LogP contribution in [0.4, 0.5) is 5.69 Å². The number of carbonyl (C=O) groups excluding carboxylic acids is 1. The van der Waals surface area contributed by atoms with Gasteiger partial charge in [-0.15, -0.1) is 10.2 Å². The molecule has 0 spiro atoms. The smallest absolute Gasteiger partial charge is 0.237 e. The number of likely N-dealkylation sites (tertiary alicyclic amines) is 1. The Hall–Kier alpha value is -3.00. The lowest BCUT2D eigenvalue weighted by atomic mass is 9.87. The van der Waals surface area contributed by atoms with Gasteiger partial charge in [-0.3, -0.25) is 4.79 Å². The fourth-order valence-corrected chi connectivity index (χ4v) is 5.34. The quantitative estimate of drug-likeness (QED) is 0.644. The van der Waals surface area contributed by atoms with Gasteiger partial charge in [-0.2, -0.15) is 9.61 Å². The molecule has 3 atom stereocenters. The fourth-order valence-electron chi connectivity index (χ4n) is 5.34. The van der Waals surface area contributed by atoms with Crippen LogP contribution in [0.2, 0.25) is 0 Å². The molecule has 0 aliphatic carbocycles. The van der Waals surface area contributed by atoms with E-state index in [9.17, 15) is 4.79 Å². The van der Waals surface area contributed by atoms with Gasteiger partial charge in [0.15, 0.2) is 0 Å². The number of rotatable bonds is 4. The number of nitrogens with zero attached hydrogens (tertiary/aromatic N) is 7. The number of likely N-dealkylation sites (N-methyl/N-ethyl adjacent to an activating group) is 1. The highest BCUT2D eigenvalue weighted by atomic mass is 16.2. The normalized spacial score (nSPS) is 23.2. The predicted octanol–water partition coefficient (Wildman–Crippen LogP) is 1.94. The predicted molar refractivity (Wildman–Crippen MR) is 119 cm³/mol. The number of benzene rings is 1. The Bertz CT molecular complexity index is 1120. The number of aromatic nitrogens is 4. The molecule has 0 radical (unpaired) electrons. The van der Waals surface area contributed by atoms with Crippen LogP contribution in [0.5, 0.6) is 0 Å². The van der Waals surface area contributed by atoms with Crippen LogP contribution in [0, 0.1) is 25.7 Å². The van der Waals surface area contributed by atoms with Crippen molar-refractivity contribution in [2.75, 3.05) is 45.2 Å². The van der Waals surface area contributed by atoms with Crippen LogP contribution in [-0.4, -0.2) is 75.8 Å². The van der Waals surface area contributed by atoms with E-state index in [1.54, 1.807) is 10.8 Å². The third kappa shape index (κ3) is 3.44. The van der Waals surface area contributed by atoms with Crippen molar-refractivity contribution in [1.82, 2.24) is 29.6 Å². The zero-order valence-electron chi connectivity index (χ0n) is 18.6. The molecule has 31 heavy (non-hydrogen) atoms. The van der Waals surface area contributed by atoms with Crippen molar-refractivity contribution in [3.8, 4) is 0 Å². The lowest BCUT2D eigenvalue weighted by Crippen LogP contribution is -2.40. The number of anilines is 1. The van der Waals surface area contributed by atoms with Crippen molar-refractivity contribution in [3.63, 3.8) is 0 Å². The van der Waals surface area contributed by atoms with Gasteiger partial charge in [0.1, 0.15) is 6.33 Å². The van der Waals surface area contributed by atoms with Crippen molar-refractivity contribution in [1.29, 1.82) is 0 Å². The molecule has 2 aliphatic rings. The van der Waals surface area contributed by atoms with E-state index in [2.05, 4.69) is 62.4 Å². The van der Waals surface area contributed by atoms with Gasteiger partial charge in [0, 0.05) is 31.5 Å². The Labute approximate surface area is 182 Å². The Morgan fingerprint density at radius 1 is 1.16 bits per heavy atom. The van der Waals surface area contributed by atoms with E-state index < -0.39 is 0 Å². The van der Waals surface area contributed by atoms with Crippen LogP contribution in [0.3, 0.4) is 0 Å². The summed E-state index contributed by atoms with van der Waals surface area (Å²) in [6.07, 6.45) is 1.65. The molecule has 2 fully saturated rings. The molecule has 8 heteroatoms. The van der Waals surface area contributed by atoms with Gasteiger partial charge < -0.3 is 14.7 Å². The molecule has 2 aromatic heterocycles. The summed E-state index contributed by atoms with van der Waals surface area (Å²) in [5, 5.41) is 12.8. The van der Waals surface area contributed by atoms with Crippen molar-refractivity contribution >= 4 is 17.2 Å². The zero-order chi connectivity index (χ0) is 21.7. The minimum atomic E-state index is 0.0977. The van der Waals surface area contributed by atoms with Gasteiger partial charge in [0.25, 0.3) is 0 Å². The summed E-state index contributed by atoms with van der Waals surface area (Å²) in [4.78, 5) is 19.7. The third-order valence-electron chi connectivity index (χ3n) is 6.65. The lowest BCUT2D eigenvalue weighted by Gasteiger charge is -2.32. The Morgan fingerprint density at radius 3 is 2.74 bits per heavy atom. The highest BCUT2D eigenvalue weighted by Crippen LogP contribution is 2.47. The van der Waals surface area contributed by atoms with Gasteiger partial charge in [-0.1, -0.05) is 24.3 Å². The third-order valence-corrected chi connectivity index (χ3v) is 6.65. The number of fused-ring (bicyclic) bond motifs is 2. The summed E-state index contributed by atoms with van der Waals surface area (Å²) in [6.45, 7) is 7.18. The molecule has 162 valence electrons. The van der Waals surface area contributed by atoms with Gasteiger partial charge in [-0.25, -0.2) is 0 Å². The number of hydrogen-bond donors (Lipinski definition) is 0. The van der Waals surface area contributed by atoms with Crippen molar-refractivity contribution in [2.24, 2.45) is 11.8 Å². The molecule has 4 heterocycles. The van der Waals surface area contributed by atoms with Crippen molar-refractivity contribution in [2.45, 2.75) is 19.9 Å². The second-order valence-corrected chi connectivity index (χ2v) is 9.18. The highest BCUT2D eigenvalue weighted by Gasteiger charge is 2.49. The van der Waals surface area contributed by atoms with Crippen molar-refractivity contribution in [3.05, 3.63) is 53.5 Å². The summed E-state index contributed by atoms with van der Waals surface area (Å²) in [7, 11) is 3.91. The second-order valence-electron chi connectivity index (χ2n) is 9.18. The molecule has 3 aromatic rings. The molecule has 2 aliphatic heterocycles. The van der Waals surface area contributed by atoms with Crippen LogP contribution >= 0.6 is 0 Å². The molecular weight excluding hydrogens is 390 g/mol. The summed E-state index contributed by atoms with van der Waals surface area (Å²) < 4.78 is 1.75. The summed E-state index contributed by atoms with van der Waals surface area (Å²) in [6, 6.07) is 10.7. The molecule has 2 saturated heterocycles. The van der Waals surface area contributed by atoms with E-state index in [0.717, 1.165) is 36.7 Å². The van der Waals surface area contributed by atoms with E-state index in [-0.39, 0.29) is 11.9 Å². The first-order valence-electron chi connectivity index (χ1n) is 10.8.